The topological polar surface area (TPSA) is 468 Å². The average Bonchev–Trinajstić information content (AvgIpc) is 0.846. The molecule has 1 aromatic rings. The molecule has 894 valence electrons. The summed E-state index contributed by atoms with van der Waals surface area (Å²) in [7, 11) is -2.15. The smallest absolute Gasteiger partial charge is 0.297 e. The molecule has 1 rings (SSSR count). The molecule has 0 unspecified atom stereocenters. The van der Waals surface area contributed by atoms with Crippen LogP contribution in [0, 0.1) is 6.92 Å². The fourth-order valence-electron chi connectivity index (χ4n) is 10.9. The van der Waals surface area contributed by atoms with Gasteiger partial charge in [0.15, 0.2) is 0 Å². The molecule has 0 radical (unpaired) electrons. The second-order valence-electron chi connectivity index (χ2n) is 30.6. The minimum atomic E-state index is -3.80. The molecule has 1 aromatic carbocycles. The molecular formula is C100H194O49S. The molecule has 50 heteroatoms. The van der Waals surface area contributed by atoms with Crippen LogP contribution >= 0.6 is 0 Å². The normalized spacial score (nSPS) is 12.0. The Kier molecular flexibility index (Phi) is 129. The maximum atomic E-state index is 12.2. The van der Waals surface area contributed by atoms with Crippen LogP contribution in [0.2, 0.25) is 0 Å². The number of benzene rings is 1. The van der Waals surface area contributed by atoms with Crippen molar-refractivity contribution in [2.75, 3.05) is 615 Å². The molecule has 0 aliphatic heterocycles. The van der Waals surface area contributed by atoms with Crippen LogP contribution in [-0.4, -0.2) is 623 Å². The summed E-state index contributed by atoms with van der Waals surface area (Å²) in [5.74, 6) is 0. The quantitative estimate of drug-likeness (QED) is 0.0665. The fourth-order valence-corrected chi connectivity index (χ4v) is 11.8. The largest absolute Gasteiger partial charge is 0.382 e. The van der Waals surface area contributed by atoms with Crippen molar-refractivity contribution in [3.8, 4) is 0 Å². The molecule has 0 heterocycles. The third-order valence-corrected chi connectivity index (χ3v) is 19.9. The SMILES string of the molecule is COCCOCCOCCOCCOCCOCCOCCOCCOCCOCCOCCOCCOCCOCCOCCOCCOCCOCCOCCOCCOCCOCCOCCOCCOCCOCCOCCOCCOCCOCCOCCOCCOCCOCCOCCOCCOCCOCCOCCOCCOCCOCCOCCOCCOCCOCCOS(=O)(=O)c1ccc(C)cc1. The number of methoxy groups -OCH3 is 1. The Balaban J connectivity index is 1.58. The molecule has 0 N–H and O–H groups in total. The van der Waals surface area contributed by atoms with Gasteiger partial charge < -0.3 is 218 Å². The van der Waals surface area contributed by atoms with Crippen molar-refractivity contribution in [1.82, 2.24) is 0 Å². The van der Waals surface area contributed by atoms with Crippen molar-refractivity contribution < 1.29 is 230 Å². The molecule has 0 aliphatic carbocycles. The van der Waals surface area contributed by atoms with Crippen LogP contribution in [0.25, 0.3) is 0 Å². The van der Waals surface area contributed by atoms with Crippen LogP contribution in [0.15, 0.2) is 29.2 Å². The van der Waals surface area contributed by atoms with Crippen molar-refractivity contribution in [3.05, 3.63) is 29.8 Å². The van der Waals surface area contributed by atoms with Crippen LogP contribution in [0.1, 0.15) is 5.56 Å². The molecule has 150 heavy (non-hydrogen) atoms. The zero-order valence-corrected chi connectivity index (χ0v) is 91.6. The lowest BCUT2D eigenvalue weighted by Gasteiger charge is -2.09. The first-order valence-electron chi connectivity index (χ1n) is 53.0. The van der Waals surface area contributed by atoms with Crippen LogP contribution in [0.4, 0.5) is 0 Å². The number of hydrogen-bond acceptors (Lipinski definition) is 49. The summed E-state index contributed by atoms with van der Waals surface area (Å²) in [6, 6.07) is 6.47. The first-order valence-corrected chi connectivity index (χ1v) is 54.4. The third kappa shape index (κ3) is 127. The van der Waals surface area contributed by atoms with Gasteiger partial charge in [0, 0.05) is 7.11 Å². The maximum absolute atomic E-state index is 12.2. The number of aryl methyl sites for hydroxylation is 1. The lowest BCUT2D eigenvalue weighted by molar-refractivity contribution is -0.0330. The minimum Gasteiger partial charge on any atom is -0.382 e. The zero-order valence-electron chi connectivity index (χ0n) is 90.8. The van der Waals surface area contributed by atoms with E-state index in [1.165, 1.54) is 12.1 Å². The second kappa shape index (κ2) is 133. The predicted molar refractivity (Wildman–Crippen MR) is 543 cm³/mol. The molecule has 49 nitrogen and oxygen atoms in total. The van der Waals surface area contributed by atoms with Crippen LogP contribution in [0.5, 0.6) is 0 Å². The van der Waals surface area contributed by atoms with Gasteiger partial charge in [-0.15, -0.1) is 0 Å². The van der Waals surface area contributed by atoms with E-state index in [9.17, 15) is 8.42 Å². The number of hydrogen-bond donors (Lipinski definition) is 0. The van der Waals surface area contributed by atoms with E-state index in [1.807, 2.05) is 6.92 Å². The molecule has 0 fully saturated rings. The van der Waals surface area contributed by atoms with Gasteiger partial charge in [0.25, 0.3) is 10.1 Å². The van der Waals surface area contributed by atoms with E-state index in [4.69, 9.17) is 222 Å². The maximum Gasteiger partial charge on any atom is 0.297 e. The summed E-state index contributed by atoms with van der Waals surface area (Å²) in [4.78, 5) is 0.119. The molecule has 0 bridgehead atoms. The number of rotatable bonds is 140. The summed E-state index contributed by atoms with van der Waals surface area (Å²) in [5, 5.41) is 0. The Hall–Kier alpha value is -2.71. The van der Waals surface area contributed by atoms with E-state index in [0.717, 1.165) is 5.56 Å². The lowest BCUT2D eigenvalue weighted by Crippen LogP contribution is -2.16. The summed E-state index contributed by atoms with van der Waals surface area (Å²) < 4.78 is 283. The van der Waals surface area contributed by atoms with Crippen LogP contribution in [-0.2, 0) is 232 Å². The molecule has 0 amide bonds. The van der Waals surface area contributed by atoms with Crippen molar-refractivity contribution in [2.45, 2.75) is 11.8 Å². The van der Waals surface area contributed by atoms with Crippen molar-refractivity contribution >= 4 is 10.1 Å². The van der Waals surface area contributed by atoms with Gasteiger partial charge in [-0.25, -0.2) is 0 Å². The number of ether oxygens (including phenoxy) is 46. The predicted octanol–water partition coefficient (Wildman–Crippen LogP) is 2.09. The average molecular weight is 2210 g/mol. The minimum absolute atomic E-state index is 0.0729. The van der Waals surface area contributed by atoms with E-state index in [0.29, 0.717) is 595 Å². The Labute approximate surface area is 893 Å². The Morgan fingerprint density at radius 2 is 0.193 bits per heavy atom. The monoisotopic (exact) mass is 2210 g/mol. The molecule has 0 aliphatic rings. The van der Waals surface area contributed by atoms with Gasteiger partial charge in [-0.1, -0.05) is 17.7 Å². The lowest BCUT2D eigenvalue weighted by atomic mass is 10.2. The van der Waals surface area contributed by atoms with Crippen LogP contribution in [0.3, 0.4) is 0 Å². The first kappa shape index (κ1) is 145. The zero-order chi connectivity index (χ0) is 107. The van der Waals surface area contributed by atoms with Gasteiger partial charge in [-0.2, -0.15) is 8.42 Å². The fraction of sp³-hybridized carbons (Fsp3) is 0.940. The summed E-state index contributed by atoms with van der Waals surface area (Å²) in [5.41, 5.74) is 0.967. The molecular weight excluding hydrogens is 2020 g/mol. The summed E-state index contributed by atoms with van der Waals surface area (Å²) in [6.45, 7) is 44.5. The Bertz CT molecular complexity index is 2490. The van der Waals surface area contributed by atoms with E-state index in [-0.39, 0.29) is 18.1 Å². The van der Waals surface area contributed by atoms with E-state index >= 15 is 0 Å². The highest BCUT2D eigenvalue weighted by Gasteiger charge is 2.15. The van der Waals surface area contributed by atoms with Crippen molar-refractivity contribution in [1.29, 1.82) is 0 Å². The third-order valence-electron chi connectivity index (χ3n) is 18.6. The van der Waals surface area contributed by atoms with Gasteiger partial charge in [-0.3, -0.25) is 4.18 Å². The Morgan fingerprint density at radius 1 is 0.120 bits per heavy atom. The van der Waals surface area contributed by atoms with E-state index in [1.54, 1.807) is 19.2 Å². The highest BCUT2D eigenvalue weighted by atomic mass is 32.2. The highest BCUT2D eigenvalue weighted by molar-refractivity contribution is 7.86. The van der Waals surface area contributed by atoms with E-state index < -0.39 is 10.1 Å². The molecule has 0 spiro atoms. The molecule has 0 atom stereocenters. The molecule has 0 saturated heterocycles. The standard InChI is InChI=1S/C100H194O49S/c1-99-3-5-100(6-4-99)150(101,102)149-98-97-148-96-95-147-94-93-146-92-91-145-90-89-144-88-87-143-86-85-142-84-83-141-82-81-140-80-79-139-78-77-138-76-75-137-74-73-136-72-71-135-70-69-134-68-67-133-66-65-132-64-63-131-62-61-130-60-59-129-58-57-128-56-55-127-54-53-126-52-51-125-50-49-124-48-47-123-46-45-122-44-43-121-42-41-120-40-39-119-38-37-118-36-35-117-34-33-116-32-31-115-30-29-114-28-27-113-26-25-112-24-23-111-22-21-110-20-19-109-18-17-108-16-15-107-14-13-106-12-11-105-10-9-104-8-7-103-2/h3-6H,7-98H2,1-2H3. The van der Waals surface area contributed by atoms with Gasteiger partial charge in [0.05, 0.1) is 613 Å². The first-order chi connectivity index (χ1) is 74.6. The second-order valence-corrected chi connectivity index (χ2v) is 32.3. The van der Waals surface area contributed by atoms with Gasteiger partial charge in [0.1, 0.15) is 0 Å². The van der Waals surface area contributed by atoms with Crippen molar-refractivity contribution in [2.24, 2.45) is 0 Å². The molecule has 0 saturated carbocycles. The summed E-state index contributed by atoms with van der Waals surface area (Å²) in [6.07, 6.45) is 0. The van der Waals surface area contributed by atoms with Crippen molar-refractivity contribution in [3.63, 3.8) is 0 Å². The van der Waals surface area contributed by atoms with E-state index in [2.05, 4.69) is 0 Å². The van der Waals surface area contributed by atoms with Gasteiger partial charge >= 0.3 is 0 Å². The molecule has 0 aromatic heterocycles. The van der Waals surface area contributed by atoms with Gasteiger partial charge in [0.2, 0.25) is 0 Å². The van der Waals surface area contributed by atoms with Crippen LogP contribution < -0.4 is 0 Å². The van der Waals surface area contributed by atoms with Gasteiger partial charge in [-0.05, 0) is 19.1 Å². The summed E-state index contributed by atoms with van der Waals surface area (Å²) >= 11 is 0. The Morgan fingerprint density at radius 3 is 0.273 bits per heavy atom. The highest BCUT2D eigenvalue weighted by Crippen LogP contribution is 2.13.